The maximum Gasteiger partial charge on any atom is 0.226 e. The van der Waals surface area contributed by atoms with Gasteiger partial charge in [-0.05, 0) is 17.9 Å². The Kier molecular flexibility index (Phi) is 4.77. The fraction of sp³-hybridized carbons (Fsp3) is 0.500. The molecule has 0 spiro atoms. The molecule has 6 nitrogen and oxygen atoms in total. The first-order valence-electron chi connectivity index (χ1n) is 6.40. The van der Waals surface area contributed by atoms with Crippen LogP contribution in [-0.4, -0.2) is 43.5 Å². The van der Waals surface area contributed by atoms with Crippen LogP contribution in [0.25, 0.3) is 10.2 Å². The Bertz CT molecular complexity index is 682. The van der Waals surface area contributed by atoms with Crippen molar-refractivity contribution in [1.82, 2.24) is 9.97 Å². The molecule has 0 radical (unpaired) electrons. The molecule has 20 heavy (non-hydrogen) atoms. The third-order valence-electron chi connectivity index (χ3n) is 2.62. The Hall–Kier alpha value is -1.41. The van der Waals surface area contributed by atoms with E-state index >= 15 is 0 Å². The molecule has 2 heterocycles. The topological polar surface area (TPSA) is 84.0 Å². The molecule has 0 saturated heterocycles. The van der Waals surface area contributed by atoms with Gasteiger partial charge in [0.15, 0.2) is 0 Å². The average Bonchev–Trinajstić information content (AvgIpc) is 2.83. The van der Waals surface area contributed by atoms with Gasteiger partial charge in [0.1, 0.15) is 20.5 Å². The number of aromatic nitrogens is 2. The summed E-state index contributed by atoms with van der Waals surface area (Å²) in [5.74, 6) is 1.34. The third-order valence-corrected chi connectivity index (χ3v) is 4.38. The fourth-order valence-electron chi connectivity index (χ4n) is 1.66. The summed E-state index contributed by atoms with van der Waals surface area (Å²) in [7, 11) is -2.98. The van der Waals surface area contributed by atoms with Crippen LogP contribution >= 0.6 is 11.3 Å². The lowest BCUT2D eigenvalue weighted by Crippen LogP contribution is -2.15. The quantitative estimate of drug-likeness (QED) is 0.813. The van der Waals surface area contributed by atoms with Crippen LogP contribution < -0.4 is 10.6 Å². The van der Waals surface area contributed by atoms with Gasteiger partial charge in [0.05, 0.1) is 11.1 Å². The van der Waals surface area contributed by atoms with E-state index in [9.17, 15) is 8.42 Å². The number of hydrogen-bond acceptors (Lipinski definition) is 7. The number of rotatable bonds is 7. The van der Waals surface area contributed by atoms with Crippen molar-refractivity contribution in [3.05, 3.63) is 11.4 Å². The molecule has 0 aliphatic heterocycles. The summed E-state index contributed by atoms with van der Waals surface area (Å²) in [6.45, 7) is 3.22. The van der Waals surface area contributed by atoms with Crippen LogP contribution in [0.5, 0.6) is 0 Å². The zero-order chi connectivity index (χ0) is 14.6. The molecule has 0 bridgehead atoms. The standard InChI is InChI=1S/C12H18N4O2S2/c1-3-5-14-12-15-10(13-6-8-20(2,17)18)9-4-7-19-11(9)16-12/h4,7H,3,5-6,8H2,1-2H3,(H2,13,14,15,16). The minimum absolute atomic E-state index is 0.0837. The van der Waals surface area contributed by atoms with Gasteiger partial charge in [-0.15, -0.1) is 11.3 Å². The minimum Gasteiger partial charge on any atom is -0.368 e. The predicted molar refractivity (Wildman–Crippen MR) is 84.4 cm³/mol. The summed E-state index contributed by atoms with van der Waals surface area (Å²) in [6.07, 6.45) is 2.21. The first kappa shape index (κ1) is 15.0. The minimum atomic E-state index is -2.98. The van der Waals surface area contributed by atoms with Gasteiger partial charge >= 0.3 is 0 Å². The Morgan fingerprint density at radius 2 is 2.05 bits per heavy atom. The van der Waals surface area contributed by atoms with Crippen molar-refractivity contribution in [1.29, 1.82) is 0 Å². The van der Waals surface area contributed by atoms with Crippen LogP contribution in [0.1, 0.15) is 13.3 Å². The highest BCUT2D eigenvalue weighted by molar-refractivity contribution is 7.90. The second-order valence-electron chi connectivity index (χ2n) is 4.52. The van der Waals surface area contributed by atoms with Crippen molar-refractivity contribution < 1.29 is 8.42 Å². The van der Waals surface area contributed by atoms with Gasteiger partial charge in [-0.2, -0.15) is 4.98 Å². The van der Waals surface area contributed by atoms with Crippen molar-refractivity contribution in [2.45, 2.75) is 13.3 Å². The number of thiophene rings is 1. The molecule has 0 aliphatic rings. The molecule has 0 saturated carbocycles. The molecule has 0 aliphatic carbocycles. The second kappa shape index (κ2) is 6.36. The van der Waals surface area contributed by atoms with E-state index in [0.717, 1.165) is 23.2 Å². The van der Waals surface area contributed by atoms with Crippen LogP contribution in [0.15, 0.2) is 11.4 Å². The van der Waals surface area contributed by atoms with Gasteiger partial charge in [-0.3, -0.25) is 0 Å². The normalized spacial score (nSPS) is 11.7. The first-order valence-corrected chi connectivity index (χ1v) is 9.34. The Morgan fingerprint density at radius 3 is 2.75 bits per heavy atom. The lowest BCUT2D eigenvalue weighted by molar-refractivity contribution is 0.602. The van der Waals surface area contributed by atoms with Crippen molar-refractivity contribution >= 4 is 43.2 Å². The molecule has 8 heteroatoms. The summed E-state index contributed by atoms with van der Waals surface area (Å²) in [5.41, 5.74) is 0. The lowest BCUT2D eigenvalue weighted by atomic mass is 10.4. The van der Waals surface area contributed by atoms with E-state index in [0.29, 0.717) is 18.3 Å². The molecule has 2 aromatic rings. The summed E-state index contributed by atoms with van der Waals surface area (Å²) in [5, 5.41) is 9.10. The maximum absolute atomic E-state index is 11.2. The molecule has 0 atom stereocenters. The number of nitrogens with one attached hydrogen (secondary N) is 2. The highest BCUT2D eigenvalue weighted by Crippen LogP contribution is 2.26. The molecular weight excluding hydrogens is 296 g/mol. The molecule has 0 fully saturated rings. The van der Waals surface area contributed by atoms with Crippen LogP contribution in [0.4, 0.5) is 11.8 Å². The Morgan fingerprint density at radius 1 is 1.25 bits per heavy atom. The highest BCUT2D eigenvalue weighted by Gasteiger charge is 2.09. The number of hydrogen-bond donors (Lipinski definition) is 2. The zero-order valence-corrected chi connectivity index (χ0v) is 13.1. The van der Waals surface area contributed by atoms with Crippen LogP contribution in [0, 0.1) is 0 Å². The van der Waals surface area contributed by atoms with E-state index in [2.05, 4.69) is 27.5 Å². The van der Waals surface area contributed by atoms with Crippen molar-refractivity contribution in [3.63, 3.8) is 0 Å². The largest absolute Gasteiger partial charge is 0.368 e. The number of sulfone groups is 1. The number of fused-ring (bicyclic) bond motifs is 1. The van der Waals surface area contributed by atoms with E-state index < -0.39 is 9.84 Å². The summed E-state index contributed by atoms with van der Waals surface area (Å²) in [4.78, 5) is 9.73. The van der Waals surface area contributed by atoms with E-state index in [1.807, 2.05) is 11.4 Å². The van der Waals surface area contributed by atoms with E-state index in [-0.39, 0.29) is 5.75 Å². The fourth-order valence-corrected chi connectivity index (χ4v) is 2.90. The average molecular weight is 314 g/mol. The number of anilines is 2. The molecule has 110 valence electrons. The van der Waals surface area contributed by atoms with Crippen LogP contribution in [0.2, 0.25) is 0 Å². The van der Waals surface area contributed by atoms with Crippen molar-refractivity contribution in [2.75, 3.05) is 35.7 Å². The molecule has 2 rings (SSSR count). The number of nitrogens with zero attached hydrogens (tertiary/aromatic N) is 2. The van der Waals surface area contributed by atoms with Crippen molar-refractivity contribution in [3.8, 4) is 0 Å². The van der Waals surface area contributed by atoms with Gasteiger partial charge in [0.25, 0.3) is 0 Å². The molecule has 0 aromatic carbocycles. The first-order chi connectivity index (χ1) is 9.49. The smallest absolute Gasteiger partial charge is 0.226 e. The van der Waals surface area contributed by atoms with Gasteiger partial charge in [0, 0.05) is 19.3 Å². The second-order valence-corrected chi connectivity index (χ2v) is 7.67. The van der Waals surface area contributed by atoms with Gasteiger partial charge < -0.3 is 10.6 Å². The maximum atomic E-state index is 11.2. The molecular formula is C12H18N4O2S2. The molecule has 0 amide bonds. The molecule has 2 N–H and O–H groups in total. The zero-order valence-electron chi connectivity index (χ0n) is 11.5. The summed E-state index contributed by atoms with van der Waals surface area (Å²) >= 11 is 1.54. The van der Waals surface area contributed by atoms with Crippen LogP contribution in [0.3, 0.4) is 0 Å². The highest BCUT2D eigenvalue weighted by atomic mass is 32.2. The van der Waals surface area contributed by atoms with E-state index in [1.54, 1.807) is 0 Å². The van der Waals surface area contributed by atoms with Gasteiger partial charge in [0.2, 0.25) is 5.95 Å². The van der Waals surface area contributed by atoms with E-state index in [4.69, 9.17) is 0 Å². The Balaban J connectivity index is 2.19. The summed E-state index contributed by atoms with van der Waals surface area (Å²) in [6, 6.07) is 1.94. The van der Waals surface area contributed by atoms with Gasteiger partial charge in [-0.1, -0.05) is 6.92 Å². The van der Waals surface area contributed by atoms with Crippen molar-refractivity contribution in [2.24, 2.45) is 0 Å². The third kappa shape index (κ3) is 4.04. The predicted octanol–water partition coefficient (Wildman–Crippen LogP) is 1.97. The SMILES string of the molecule is CCCNc1nc(NCCS(C)(=O)=O)c2ccsc2n1. The Labute approximate surface area is 122 Å². The molecule has 0 unspecified atom stereocenters. The van der Waals surface area contributed by atoms with E-state index in [1.165, 1.54) is 17.6 Å². The lowest BCUT2D eigenvalue weighted by Gasteiger charge is -2.09. The monoisotopic (exact) mass is 314 g/mol. The molecule has 2 aromatic heterocycles. The van der Waals surface area contributed by atoms with Gasteiger partial charge in [-0.25, -0.2) is 13.4 Å². The summed E-state index contributed by atoms with van der Waals surface area (Å²) < 4.78 is 22.3. The van der Waals surface area contributed by atoms with Crippen LogP contribution in [-0.2, 0) is 9.84 Å².